The molecule has 2 N–H and O–H groups in total. The lowest BCUT2D eigenvalue weighted by atomic mass is 10.1. The summed E-state index contributed by atoms with van der Waals surface area (Å²) in [5, 5.41) is 6.03. The summed E-state index contributed by atoms with van der Waals surface area (Å²) < 4.78 is 15.7. The van der Waals surface area contributed by atoms with Crippen molar-refractivity contribution in [3.63, 3.8) is 0 Å². The van der Waals surface area contributed by atoms with Crippen molar-refractivity contribution in [3.05, 3.63) is 42.1 Å². The number of rotatable bonds is 12. The predicted octanol–water partition coefficient (Wildman–Crippen LogP) is 3.11. The van der Waals surface area contributed by atoms with Crippen molar-refractivity contribution in [2.45, 2.75) is 65.1 Å². The Bertz CT molecular complexity index is 1280. The molecular weight excluding hydrogens is 568 g/mol. The maximum Gasteiger partial charge on any atom is 0.409 e. The van der Waals surface area contributed by atoms with Gasteiger partial charge in [0.1, 0.15) is 23.2 Å². The van der Waals surface area contributed by atoms with E-state index in [1.165, 1.54) is 11.0 Å². The van der Waals surface area contributed by atoms with Gasteiger partial charge in [0.15, 0.2) is 5.82 Å². The SMILES string of the molecule is CCOC(=O)N1CCN(C(=O)[C@H](CCC(=O)OC(C)(C)C)NC(=O)c2cc(N[C@@H](C)COC)nc(-c3ccccc3)n2)CC1. The van der Waals surface area contributed by atoms with Crippen LogP contribution in [0.4, 0.5) is 10.6 Å². The molecule has 1 aromatic heterocycles. The van der Waals surface area contributed by atoms with Crippen LogP contribution in [0.1, 0.15) is 57.9 Å². The van der Waals surface area contributed by atoms with E-state index in [2.05, 4.69) is 20.6 Å². The van der Waals surface area contributed by atoms with Crippen LogP contribution in [0, 0.1) is 0 Å². The Hall–Kier alpha value is -4.26. The van der Waals surface area contributed by atoms with Crippen LogP contribution < -0.4 is 10.6 Å². The summed E-state index contributed by atoms with van der Waals surface area (Å²) >= 11 is 0. The number of carbonyl (C=O) groups is 4. The Morgan fingerprint density at radius 2 is 1.66 bits per heavy atom. The van der Waals surface area contributed by atoms with Gasteiger partial charge in [0.2, 0.25) is 5.91 Å². The summed E-state index contributed by atoms with van der Waals surface area (Å²) in [5.41, 5.74) is 0.0660. The predicted molar refractivity (Wildman–Crippen MR) is 164 cm³/mol. The second-order valence-corrected chi connectivity index (χ2v) is 11.5. The summed E-state index contributed by atoms with van der Waals surface area (Å²) in [6.45, 7) is 10.7. The van der Waals surface area contributed by atoms with Crippen LogP contribution in [0.5, 0.6) is 0 Å². The van der Waals surface area contributed by atoms with Gasteiger partial charge < -0.3 is 34.6 Å². The molecule has 0 saturated carbocycles. The number of anilines is 1. The summed E-state index contributed by atoms with van der Waals surface area (Å²) in [4.78, 5) is 64.2. The molecule has 3 rings (SSSR count). The first kappa shape index (κ1) is 34.2. The largest absolute Gasteiger partial charge is 0.460 e. The van der Waals surface area contributed by atoms with E-state index in [4.69, 9.17) is 14.2 Å². The highest BCUT2D eigenvalue weighted by atomic mass is 16.6. The molecule has 13 nitrogen and oxygen atoms in total. The molecule has 0 radical (unpaired) electrons. The normalized spacial score (nSPS) is 14.8. The van der Waals surface area contributed by atoms with E-state index >= 15 is 0 Å². The number of nitrogens with zero attached hydrogens (tertiary/aromatic N) is 4. The first-order valence-corrected chi connectivity index (χ1v) is 14.8. The number of esters is 1. The lowest BCUT2D eigenvalue weighted by molar-refractivity contribution is -0.155. The molecule has 0 spiro atoms. The second-order valence-electron chi connectivity index (χ2n) is 11.5. The van der Waals surface area contributed by atoms with Gasteiger partial charge in [-0.1, -0.05) is 30.3 Å². The average Bonchev–Trinajstić information content (AvgIpc) is 2.98. The van der Waals surface area contributed by atoms with E-state index in [1.54, 1.807) is 39.7 Å². The Balaban J connectivity index is 1.84. The minimum Gasteiger partial charge on any atom is -0.460 e. The fourth-order valence-electron chi connectivity index (χ4n) is 4.59. The Morgan fingerprint density at radius 3 is 2.27 bits per heavy atom. The van der Waals surface area contributed by atoms with E-state index in [0.29, 0.717) is 36.9 Å². The molecule has 44 heavy (non-hydrogen) atoms. The van der Waals surface area contributed by atoms with Gasteiger partial charge in [0.25, 0.3) is 5.91 Å². The molecule has 1 saturated heterocycles. The summed E-state index contributed by atoms with van der Waals surface area (Å²) in [6.07, 6.45) is -0.502. The zero-order chi connectivity index (χ0) is 32.3. The molecular formula is C31H44N6O7. The van der Waals surface area contributed by atoms with Crippen molar-refractivity contribution in [2.75, 3.05) is 51.8 Å². The van der Waals surface area contributed by atoms with Crippen molar-refractivity contribution in [3.8, 4) is 11.4 Å². The first-order chi connectivity index (χ1) is 20.9. The van der Waals surface area contributed by atoms with Gasteiger partial charge in [-0.2, -0.15) is 0 Å². The average molecular weight is 613 g/mol. The third kappa shape index (κ3) is 10.5. The van der Waals surface area contributed by atoms with Gasteiger partial charge in [0, 0.05) is 57.4 Å². The number of carbonyl (C=O) groups excluding carboxylic acids is 4. The van der Waals surface area contributed by atoms with Gasteiger partial charge in [-0.25, -0.2) is 14.8 Å². The fourth-order valence-corrected chi connectivity index (χ4v) is 4.59. The van der Waals surface area contributed by atoms with Crippen LogP contribution in [0.3, 0.4) is 0 Å². The van der Waals surface area contributed by atoms with Crippen molar-refractivity contribution in [1.29, 1.82) is 0 Å². The van der Waals surface area contributed by atoms with E-state index in [1.807, 2.05) is 37.3 Å². The summed E-state index contributed by atoms with van der Waals surface area (Å²) in [6, 6.07) is 9.60. The number of hydrogen-bond donors (Lipinski definition) is 2. The van der Waals surface area contributed by atoms with Crippen LogP contribution in [0.25, 0.3) is 11.4 Å². The molecule has 1 aliphatic rings. The molecule has 0 unspecified atom stereocenters. The highest BCUT2D eigenvalue weighted by Gasteiger charge is 2.32. The Labute approximate surface area is 258 Å². The van der Waals surface area contributed by atoms with Crippen LogP contribution in [-0.2, 0) is 23.8 Å². The zero-order valence-corrected chi connectivity index (χ0v) is 26.4. The number of hydrogen-bond acceptors (Lipinski definition) is 10. The van der Waals surface area contributed by atoms with E-state index in [9.17, 15) is 19.2 Å². The van der Waals surface area contributed by atoms with Crippen LogP contribution >= 0.6 is 0 Å². The smallest absolute Gasteiger partial charge is 0.409 e. The number of methoxy groups -OCH3 is 1. The highest BCUT2D eigenvalue weighted by molar-refractivity contribution is 5.97. The number of aromatic nitrogens is 2. The van der Waals surface area contributed by atoms with Gasteiger partial charge in [0.05, 0.1) is 13.2 Å². The van der Waals surface area contributed by atoms with Crippen LogP contribution in [0.15, 0.2) is 36.4 Å². The maximum absolute atomic E-state index is 13.7. The van der Waals surface area contributed by atoms with E-state index in [0.717, 1.165) is 0 Å². The number of benzene rings is 1. The molecule has 13 heteroatoms. The van der Waals surface area contributed by atoms with Crippen molar-refractivity contribution in [1.82, 2.24) is 25.1 Å². The van der Waals surface area contributed by atoms with Crippen molar-refractivity contribution < 1.29 is 33.4 Å². The van der Waals surface area contributed by atoms with Crippen LogP contribution in [-0.4, -0.2) is 108 Å². The van der Waals surface area contributed by atoms with E-state index < -0.39 is 29.6 Å². The standard InChI is InChI=1S/C31H44N6O7/c1-7-43-30(41)37-17-15-36(16-18-37)29(40)23(13-14-26(38)44-31(3,4)5)34-28(39)24-19-25(32-21(2)20-42-6)35-27(33-24)22-11-9-8-10-12-22/h8-12,19,21,23H,7,13-18,20H2,1-6H3,(H,34,39)(H,32,33,35)/t21-,23-/m0/s1. The molecule has 2 heterocycles. The lowest BCUT2D eigenvalue weighted by Gasteiger charge is -2.36. The van der Waals surface area contributed by atoms with Crippen LogP contribution in [0.2, 0.25) is 0 Å². The fraction of sp³-hybridized carbons (Fsp3) is 0.548. The second kappa shape index (κ2) is 16.0. The number of ether oxygens (including phenoxy) is 3. The molecule has 2 aromatic rings. The quantitative estimate of drug-likeness (QED) is 0.342. The summed E-state index contributed by atoms with van der Waals surface area (Å²) in [7, 11) is 1.59. The molecule has 240 valence electrons. The molecule has 2 atom stereocenters. The highest BCUT2D eigenvalue weighted by Crippen LogP contribution is 2.19. The zero-order valence-electron chi connectivity index (χ0n) is 26.4. The van der Waals surface area contributed by atoms with Crippen molar-refractivity contribution >= 4 is 29.7 Å². The molecule has 0 bridgehead atoms. The molecule has 1 aliphatic heterocycles. The summed E-state index contributed by atoms with van der Waals surface area (Å²) in [5.74, 6) is -0.699. The topological polar surface area (TPSA) is 152 Å². The van der Waals surface area contributed by atoms with Gasteiger partial charge in [-0.05, 0) is 41.0 Å². The van der Waals surface area contributed by atoms with E-state index in [-0.39, 0.29) is 50.2 Å². The van der Waals surface area contributed by atoms with Crippen molar-refractivity contribution in [2.24, 2.45) is 0 Å². The molecule has 1 aromatic carbocycles. The third-order valence-electron chi connectivity index (χ3n) is 6.58. The Morgan fingerprint density at radius 1 is 1.00 bits per heavy atom. The number of piperazine rings is 1. The molecule has 0 aliphatic carbocycles. The Kier molecular flexibility index (Phi) is 12.4. The van der Waals surface area contributed by atoms with Gasteiger partial charge >= 0.3 is 12.1 Å². The monoisotopic (exact) mass is 612 g/mol. The lowest BCUT2D eigenvalue weighted by Crippen LogP contribution is -2.56. The third-order valence-corrected chi connectivity index (χ3v) is 6.58. The molecule has 1 fully saturated rings. The van der Waals surface area contributed by atoms with Gasteiger partial charge in [-0.3, -0.25) is 14.4 Å². The maximum atomic E-state index is 13.7. The molecule has 3 amide bonds. The van der Waals surface area contributed by atoms with Gasteiger partial charge in [-0.15, -0.1) is 0 Å². The minimum absolute atomic E-state index is 0.0180. The number of amides is 3. The first-order valence-electron chi connectivity index (χ1n) is 14.8. The number of nitrogens with one attached hydrogen (secondary N) is 2. The minimum atomic E-state index is -1.04.